The molecule has 102 valence electrons. The standard InChI is InChI=1S/C14H13N3O3/c15-13-7-9(3-4-16-13)14(18)17-10-1-2-11-12(8-10)20-6-5-19-11/h1-4,7-8H,5-6H2,(H2,15,16)(H,17,18). The van der Waals surface area contributed by atoms with Crippen LogP contribution < -0.4 is 20.5 Å². The van der Waals surface area contributed by atoms with Gasteiger partial charge in [0, 0.05) is 23.5 Å². The number of nitrogens with two attached hydrogens (primary N) is 1. The third-order valence-corrected chi connectivity index (χ3v) is 2.84. The van der Waals surface area contributed by atoms with Crippen molar-refractivity contribution in [2.24, 2.45) is 0 Å². The minimum atomic E-state index is -0.254. The maximum absolute atomic E-state index is 12.1. The summed E-state index contributed by atoms with van der Waals surface area (Å²) < 4.78 is 10.9. The number of anilines is 2. The van der Waals surface area contributed by atoms with Crippen molar-refractivity contribution in [1.29, 1.82) is 0 Å². The molecule has 6 heteroatoms. The fourth-order valence-electron chi connectivity index (χ4n) is 1.91. The molecule has 0 unspecified atom stereocenters. The van der Waals surface area contributed by atoms with Gasteiger partial charge in [-0.3, -0.25) is 4.79 Å². The summed E-state index contributed by atoms with van der Waals surface area (Å²) in [5.74, 6) is 1.36. The van der Waals surface area contributed by atoms with E-state index in [-0.39, 0.29) is 5.91 Å². The molecule has 0 bridgehead atoms. The Kier molecular flexibility index (Phi) is 3.12. The molecule has 1 aromatic heterocycles. The molecule has 1 amide bonds. The molecule has 0 radical (unpaired) electrons. The van der Waals surface area contributed by atoms with E-state index in [4.69, 9.17) is 15.2 Å². The van der Waals surface area contributed by atoms with Crippen molar-refractivity contribution in [1.82, 2.24) is 4.98 Å². The summed E-state index contributed by atoms with van der Waals surface area (Å²) in [6.07, 6.45) is 1.49. The lowest BCUT2D eigenvalue weighted by Gasteiger charge is -2.19. The lowest BCUT2D eigenvalue weighted by molar-refractivity contribution is 0.102. The summed E-state index contributed by atoms with van der Waals surface area (Å²) in [4.78, 5) is 15.9. The Morgan fingerprint density at radius 2 is 1.95 bits per heavy atom. The van der Waals surface area contributed by atoms with Gasteiger partial charge in [0.25, 0.3) is 5.91 Å². The molecule has 0 aliphatic carbocycles. The van der Waals surface area contributed by atoms with Crippen LogP contribution in [0.15, 0.2) is 36.5 Å². The van der Waals surface area contributed by atoms with Crippen molar-refractivity contribution >= 4 is 17.4 Å². The molecule has 3 rings (SSSR count). The van der Waals surface area contributed by atoms with Crippen LogP contribution in [0.4, 0.5) is 11.5 Å². The molecule has 6 nitrogen and oxygen atoms in total. The van der Waals surface area contributed by atoms with Crippen LogP contribution in [0.3, 0.4) is 0 Å². The number of carbonyl (C=O) groups is 1. The first kappa shape index (κ1) is 12.3. The summed E-state index contributed by atoms with van der Waals surface area (Å²) in [7, 11) is 0. The first-order chi connectivity index (χ1) is 9.72. The van der Waals surface area contributed by atoms with E-state index in [1.54, 1.807) is 24.3 Å². The zero-order chi connectivity index (χ0) is 13.9. The number of hydrogen-bond donors (Lipinski definition) is 2. The predicted octanol–water partition coefficient (Wildman–Crippen LogP) is 1.69. The highest BCUT2D eigenvalue weighted by Gasteiger charge is 2.13. The number of ether oxygens (including phenoxy) is 2. The molecule has 2 heterocycles. The summed E-state index contributed by atoms with van der Waals surface area (Å²) >= 11 is 0. The van der Waals surface area contributed by atoms with Crippen LogP contribution in [-0.2, 0) is 0 Å². The first-order valence-corrected chi connectivity index (χ1v) is 6.15. The molecular formula is C14H13N3O3. The number of nitrogen functional groups attached to an aromatic ring is 1. The molecule has 1 aliphatic rings. The van der Waals surface area contributed by atoms with E-state index in [0.29, 0.717) is 41.8 Å². The van der Waals surface area contributed by atoms with Gasteiger partial charge in [-0.05, 0) is 24.3 Å². The Bertz CT molecular complexity index is 658. The van der Waals surface area contributed by atoms with Gasteiger partial charge in [0.05, 0.1) is 0 Å². The second-order valence-electron chi connectivity index (χ2n) is 4.28. The Morgan fingerprint density at radius 1 is 1.15 bits per heavy atom. The van der Waals surface area contributed by atoms with Crippen LogP contribution in [0.5, 0.6) is 11.5 Å². The van der Waals surface area contributed by atoms with Crippen LogP contribution in [0.25, 0.3) is 0 Å². The van der Waals surface area contributed by atoms with Gasteiger partial charge in [-0.25, -0.2) is 4.98 Å². The number of pyridine rings is 1. The third kappa shape index (κ3) is 2.49. The van der Waals surface area contributed by atoms with Crippen molar-refractivity contribution < 1.29 is 14.3 Å². The highest BCUT2D eigenvalue weighted by molar-refractivity contribution is 6.04. The van der Waals surface area contributed by atoms with E-state index in [0.717, 1.165) is 0 Å². The van der Waals surface area contributed by atoms with Crippen molar-refractivity contribution in [2.75, 3.05) is 24.3 Å². The van der Waals surface area contributed by atoms with Crippen LogP contribution in [0, 0.1) is 0 Å². The van der Waals surface area contributed by atoms with Gasteiger partial charge in [0.1, 0.15) is 19.0 Å². The van der Waals surface area contributed by atoms with Crippen molar-refractivity contribution in [3.05, 3.63) is 42.1 Å². The predicted molar refractivity (Wildman–Crippen MR) is 74.0 cm³/mol. The number of fused-ring (bicyclic) bond motifs is 1. The van der Waals surface area contributed by atoms with Gasteiger partial charge < -0.3 is 20.5 Å². The lowest BCUT2D eigenvalue weighted by Crippen LogP contribution is -2.16. The van der Waals surface area contributed by atoms with E-state index < -0.39 is 0 Å². The number of amides is 1. The largest absolute Gasteiger partial charge is 0.486 e. The highest BCUT2D eigenvalue weighted by Crippen LogP contribution is 2.32. The molecule has 2 aromatic rings. The van der Waals surface area contributed by atoms with Crippen molar-refractivity contribution in [3.63, 3.8) is 0 Å². The topological polar surface area (TPSA) is 86.5 Å². The molecule has 1 aliphatic heterocycles. The summed E-state index contributed by atoms with van der Waals surface area (Å²) in [5.41, 5.74) is 6.64. The number of nitrogens with zero attached hydrogens (tertiary/aromatic N) is 1. The number of hydrogen-bond acceptors (Lipinski definition) is 5. The first-order valence-electron chi connectivity index (χ1n) is 6.15. The fourth-order valence-corrected chi connectivity index (χ4v) is 1.91. The van der Waals surface area contributed by atoms with Gasteiger partial charge in [-0.15, -0.1) is 0 Å². The normalized spacial score (nSPS) is 12.8. The molecule has 3 N–H and O–H groups in total. The summed E-state index contributed by atoms with van der Waals surface area (Å²) in [5, 5.41) is 2.78. The summed E-state index contributed by atoms with van der Waals surface area (Å²) in [6, 6.07) is 8.38. The Balaban J connectivity index is 1.79. The van der Waals surface area contributed by atoms with E-state index >= 15 is 0 Å². The van der Waals surface area contributed by atoms with Crippen molar-refractivity contribution in [3.8, 4) is 11.5 Å². The number of benzene rings is 1. The second kappa shape index (κ2) is 5.08. The van der Waals surface area contributed by atoms with Crippen LogP contribution >= 0.6 is 0 Å². The second-order valence-corrected chi connectivity index (χ2v) is 4.28. The maximum atomic E-state index is 12.1. The quantitative estimate of drug-likeness (QED) is 0.868. The number of rotatable bonds is 2. The molecule has 0 saturated heterocycles. The lowest BCUT2D eigenvalue weighted by atomic mass is 10.2. The average molecular weight is 271 g/mol. The van der Waals surface area contributed by atoms with Gasteiger partial charge in [-0.1, -0.05) is 0 Å². The molecule has 0 saturated carbocycles. The number of carbonyl (C=O) groups excluding carboxylic acids is 1. The molecule has 0 atom stereocenters. The fraction of sp³-hybridized carbons (Fsp3) is 0.143. The molecule has 0 fully saturated rings. The molecule has 0 spiro atoms. The van der Waals surface area contributed by atoms with Gasteiger partial charge in [-0.2, -0.15) is 0 Å². The van der Waals surface area contributed by atoms with E-state index in [9.17, 15) is 4.79 Å². The Hall–Kier alpha value is -2.76. The van der Waals surface area contributed by atoms with Crippen LogP contribution in [0.1, 0.15) is 10.4 Å². The summed E-state index contributed by atoms with van der Waals surface area (Å²) in [6.45, 7) is 1.04. The van der Waals surface area contributed by atoms with E-state index in [1.165, 1.54) is 12.3 Å². The monoisotopic (exact) mass is 271 g/mol. The van der Waals surface area contributed by atoms with Crippen molar-refractivity contribution in [2.45, 2.75) is 0 Å². The number of nitrogens with one attached hydrogen (secondary N) is 1. The maximum Gasteiger partial charge on any atom is 0.255 e. The minimum absolute atomic E-state index is 0.254. The molecule has 1 aromatic carbocycles. The average Bonchev–Trinajstić information content (AvgIpc) is 2.47. The van der Waals surface area contributed by atoms with Gasteiger partial charge in [0.15, 0.2) is 11.5 Å². The molecule has 20 heavy (non-hydrogen) atoms. The van der Waals surface area contributed by atoms with Gasteiger partial charge >= 0.3 is 0 Å². The van der Waals surface area contributed by atoms with E-state index in [2.05, 4.69) is 10.3 Å². The van der Waals surface area contributed by atoms with E-state index in [1.807, 2.05) is 0 Å². The third-order valence-electron chi connectivity index (χ3n) is 2.84. The molecular weight excluding hydrogens is 258 g/mol. The minimum Gasteiger partial charge on any atom is -0.486 e. The van der Waals surface area contributed by atoms with Crippen LogP contribution in [-0.4, -0.2) is 24.1 Å². The zero-order valence-electron chi connectivity index (χ0n) is 10.6. The highest BCUT2D eigenvalue weighted by atomic mass is 16.6. The smallest absolute Gasteiger partial charge is 0.255 e. The van der Waals surface area contributed by atoms with Crippen LogP contribution in [0.2, 0.25) is 0 Å². The number of aromatic nitrogens is 1. The van der Waals surface area contributed by atoms with Gasteiger partial charge in [0.2, 0.25) is 0 Å². The Labute approximate surface area is 115 Å². The Morgan fingerprint density at radius 3 is 2.75 bits per heavy atom. The zero-order valence-corrected chi connectivity index (χ0v) is 10.6. The SMILES string of the molecule is Nc1cc(C(=O)Nc2ccc3c(c2)OCCO3)ccn1.